The molecule has 0 unspecified atom stereocenters. The van der Waals surface area contributed by atoms with Gasteiger partial charge in [-0.15, -0.1) is 0 Å². The second-order valence-electron chi connectivity index (χ2n) is 5.69. The van der Waals surface area contributed by atoms with Gasteiger partial charge in [0, 0.05) is 24.2 Å². The molecule has 130 valence electrons. The van der Waals surface area contributed by atoms with Crippen molar-refractivity contribution in [2.45, 2.75) is 33.1 Å². The van der Waals surface area contributed by atoms with Gasteiger partial charge in [0.25, 0.3) is 0 Å². The van der Waals surface area contributed by atoms with E-state index in [-0.39, 0.29) is 29.7 Å². The zero-order valence-corrected chi connectivity index (χ0v) is 14.5. The number of hydrogen-bond donors (Lipinski definition) is 2. The molecule has 1 atom stereocenters. The van der Waals surface area contributed by atoms with Crippen LogP contribution in [0.4, 0.5) is 10.1 Å². The number of aryl methyl sites for hydroxylation is 2. The van der Waals surface area contributed by atoms with Crippen molar-refractivity contribution in [1.29, 1.82) is 0 Å². The molecule has 1 aromatic heterocycles. The molecule has 1 aromatic carbocycles. The van der Waals surface area contributed by atoms with E-state index in [1.807, 2.05) is 20.8 Å². The van der Waals surface area contributed by atoms with Crippen LogP contribution in [0.3, 0.4) is 0 Å². The number of nitrogens with zero attached hydrogens (tertiary/aromatic N) is 1. The number of halogens is 1. The van der Waals surface area contributed by atoms with E-state index >= 15 is 0 Å². The highest BCUT2D eigenvalue weighted by molar-refractivity contribution is 5.93. The first-order valence-corrected chi connectivity index (χ1v) is 7.60. The maximum absolute atomic E-state index is 13.9. The third kappa shape index (κ3) is 3.67. The van der Waals surface area contributed by atoms with Gasteiger partial charge in [0.2, 0.25) is 5.91 Å². The van der Waals surface area contributed by atoms with Gasteiger partial charge in [0.05, 0.1) is 25.6 Å². The van der Waals surface area contributed by atoms with Gasteiger partial charge in [-0.25, -0.2) is 4.39 Å². The van der Waals surface area contributed by atoms with Gasteiger partial charge >= 0.3 is 0 Å². The van der Waals surface area contributed by atoms with Crippen molar-refractivity contribution >= 4 is 11.6 Å². The Morgan fingerprint density at radius 3 is 2.50 bits per heavy atom. The lowest BCUT2D eigenvalue weighted by molar-refractivity contribution is -0.116. The predicted molar refractivity (Wildman–Crippen MR) is 89.2 cm³/mol. The molecule has 0 saturated heterocycles. The minimum Gasteiger partial charge on any atom is -0.494 e. The number of methoxy groups -OCH3 is 2. The van der Waals surface area contributed by atoms with Crippen LogP contribution in [0, 0.1) is 19.7 Å². The first kappa shape index (κ1) is 17.8. The lowest BCUT2D eigenvalue weighted by Crippen LogP contribution is -2.16. The molecule has 0 spiro atoms. The number of hydrogen-bond acceptors (Lipinski definition) is 4. The van der Waals surface area contributed by atoms with E-state index in [4.69, 9.17) is 9.47 Å². The quantitative estimate of drug-likeness (QED) is 0.849. The van der Waals surface area contributed by atoms with Crippen LogP contribution in [0.1, 0.15) is 36.2 Å². The molecule has 0 radical (unpaired) electrons. The van der Waals surface area contributed by atoms with Crippen LogP contribution in [0.15, 0.2) is 12.1 Å². The lowest BCUT2D eigenvalue weighted by Gasteiger charge is -2.15. The highest BCUT2D eigenvalue weighted by atomic mass is 19.1. The number of aromatic amines is 1. The summed E-state index contributed by atoms with van der Waals surface area (Å²) in [6.07, 6.45) is 0.248. The van der Waals surface area contributed by atoms with Gasteiger partial charge < -0.3 is 14.8 Å². The minimum absolute atomic E-state index is 0.0159. The smallest absolute Gasteiger partial charge is 0.225 e. The molecular weight excluding hydrogens is 313 g/mol. The lowest BCUT2D eigenvalue weighted by atomic mass is 9.95. The maximum atomic E-state index is 13.9. The van der Waals surface area contributed by atoms with E-state index in [0.717, 1.165) is 17.0 Å². The fraction of sp³-hybridized carbons (Fsp3) is 0.412. The summed E-state index contributed by atoms with van der Waals surface area (Å²) in [5.41, 5.74) is 3.12. The number of anilines is 1. The normalized spacial score (nSPS) is 11.9. The molecule has 2 N–H and O–H groups in total. The maximum Gasteiger partial charge on any atom is 0.225 e. The van der Waals surface area contributed by atoms with E-state index in [9.17, 15) is 9.18 Å². The molecular formula is C17H22FN3O3. The van der Waals surface area contributed by atoms with Crippen LogP contribution in [-0.2, 0) is 4.79 Å². The van der Waals surface area contributed by atoms with Gasteiger partial charge in [0.15, 0.2) is 11.6 Å². The predicted octanol–water partition coefficient (Wildman–Crippen LogP) is 3.32. The topological polar surface area (TPSA) is 76.2 Å². The highest BCUT2D eigenvalue weighted by Gasteiger charge is 2.19. The summed E-state index contributed by atoms with van der Waals surface area (Å²) in [5.74, 6) is -0.417. The minimum atomic E-state index is -0.567. The summed E-state index contributed by atoms with van der Waals surface area (Å²) in [4.78, 5) is 12.3. The molecule has 6 nitrogen and oxygen atoms in total. The Labute approximate surface area is 140 Å². The van der Waals surface area contributed by atoms with E-state index in [1.54, 1.807) is 0 Å². The summed E-state index contributed by atoms with van der Waals surface area (Å²) in [7, 11) is 2.82. The molecule has 0 saturated carbocycles. The Balaban J connectivity index is 2.14. The molecule has 1 heterocycles. The van der Waals surface area contributed by atoms with Crippen molar-refractivity contribution in [2.75, 3.05) is 19.5 Å². The molecule has 0 fully saturated rings. The van der Waals surface area contributed by atoms with E-state index in [1.165, 1.54) is 26.4 Å². The number of ether oxygens (including phenoxy) is 2. The third-order valence-corrected chi connectivity index (χ3v) is 3.92. The SMILES string of the molecule is COc1cc(OC)c(NC(=O)C[C@@H](C)c2c(C)n[nH]c2C)cc1F. The average Bonchev–Trinajstić information content (AvgIpc) is 2.86. The summed E-state index contributed by atoms with van der Waals surface area (Å²) in [6.45, 7) is 5.77. The van der Waals surface area contributed by atoms with Gasteiger partial charge in [-0.2, -0.15) is 5.10 Å². The van der Waals surface area contributed by atoms with Crippen LogP contribution < -0.4 is 14.8 Å². The number of rotatable bonds is 6. The number of nitrogens with one attached hydrogen (secondary N) is 2. The largest absolute Gasteiger partial charge is 0.494 e. The zero-order valence-electron chi connectivity index (χ0n) is 14.5. The molecule has 0 aliphatic rings. The van der Waals surface area contributed by atoms with Crippen molar-refractivity contribution in [3.8, 4) is 11.5 Å². The molecule has 0 aliphatic heterocycles. The molecule has 0 aliphatic carbocycles. The van der Waals surface area contributed by atoms with Crippen LogP contribution >= 0.6 is 0 Å². The van der Waals surface area contributed by atoms with Crippen molar-refractivity contribution < 1.29 is 18.7 Å². The summed E-state index contributed by atoms with van der Waals surface area (Å²) in [5, 5.41) is 9.76. The number of aromatic nitrogens is 2. The molecule has 0 bridgehead atoms. The number of carbonyl (C=O) groups excluding carboxylic acids is 1. The Bertz CT molecular complexity index is 723. The van der Waals surface area contributed by atoms with Crippen LogP contribution in [0.5, 0.6) is 11.5 Å². The van der Waals surface area contributed by atoms with E-state index < -0.39 is 5.82 Å². The summed E-state index contributed by atoms with van der Waals surface area (Å²) < 4.78 is 24.0. The average molecular weight is 335 g/mol. The molecule has 2 aromatic rings. The van der Waals surface area contributed by atoms with Crippen molar-refractivity contribution in [1.82, 2.24) is 10.2 Å². The van der Waals surface area contributed by atoms with Crippen LogP contribution in [-0.4, -0.2) is 30.3 Å². The molecule has 2 rings (SSSR count). The number of H-pyrrole nitrogens is 1. The second-order valence-corrected chi connectivity index (χ2v) is 5.69. The highest BCUT2D eigenvalue weighted by Crippen LogP contribution is 2.32. The first-order valence-electron chi connectivity index (χ1n) is 7.60. The zero-order chi connectivity index (χ0) is 17.9. The van der Waals surface area contributed by atoms with E-state index in [2.05, 4.69) is 15.5 Å². The van der Waals surface area contributed by atoms with Crippen LogP contribution in [0.25, 0.3) is 0 Å². The summed E-state index contributed by atoms with van der Waals surface area (Å²) >= 11 is 0. The summed E-state index contributed by atoms with van der Waals surface area (Å²) in [6, 6.07) is 2.59. The Morgan fingerprint density at radius 2 is 1.96 bits per heavy atom. The fourth-order valence-corrected chi connectivity index (χ4v) is 2.82. The Kier molecular flexibility index (Phi) is 5.43. The second kappa shape index (κ2) is 7.33. The molecule has 7 heteroatoms. The van der Waals surface area contributed by atoms with Crippen molar-refractivity contribution in [3.63, 3.8) is 0 Å². The monoisotopic (exact) mass is 335 g/mol. The Hall–Kier alpha value is -2.57. The number of benzene rings is 1. The van der Waals surface area contributed by atoms with Crippen LogP contribution in [0.2, 0.25) is 0 Å². The standard InChI is InChI=1S/C17H22FN3O3/c1-9(17-10(2)20-21-11(17)3)6-16(22)19-13-7-12(18)14(23-4)8-15(13)24-5/h7-9H,6H2,1-5H3,(H,19,22)(H,20,21)/t9-/m1/s1. The number of amides is 1. The van der Waals surface area contributed by atoms with Crippen molar-refractivity contribution in [2.24, 2.45) is 0 Å². The van der Waals surface area contributed by atoms with Gasteiger partial charge in [-0.1, -0.05) is 6.92 Å². The fourth-order valence-electron chi connectivity index (χ4n) is 2.82. The number of carbonyl (C=O) groups is 1. The molecule has 1 amide bonds. The first-order chi connectivity index (χ1) is 11.4. The Morgan fingerprint density at radius 1 is 1.29 bits per heavy atom. The molecule has 24 heavy (non-hydrogen) atoms. The van der Waals surface area contributed by atoms with Gasteiger partial charge in [0.1, 0.15) is 5.75 Å². The van der Waals surface area contributed by atoms with Crippen molar-refractivity contribution in [3.05, 3.63) is 34.9 Å². The van der Waals surface area contributed by atoms with E-state index in [0.29, 0.717) is 5.75 Å². The third-order valence-electron chi connectivity index (χ3n) is 3.92. The van der Waals surface area contributed by atoms with Gasteiger partial charge in [-0.3, -0.25) is 9.89 Å². The van der Waals surface area contributed by atoms with Gasteiger partial charge in [-0.05, 0) is 25.3 Å².